The Morgan fingerprint density at radius 2 is 1.07 bits per heavy atom. The molecule has 0 aliphatic rings. The molecule has 0 aliphatic carbocycles. The predicted molar refractivity (Wildman–Crippen MR) is 252 cm³/mol. The molecule has 8 rings (SSSR count). The molecule has 0 spiro atoms. The number of hydrogen-bond donors (Lipinski definition) is 2. The van der Waals surface area contributed by atoms with Gasteiger partial charge < -0.3 is 39.1 Å². The van der Waals surface area contributed by atoms with Crippen LogP contribution in [0.5, 0.6) is 23.0 Å². The number of nitrogens with zero attached hydrogens (tertiary/aromatic N) is 10. The van der Waals surface area contributed by atoms with E-state index in [1.807, 2.05) is 47.8 Å². The van der Waals surface area contributed by atoms with E-state index in [4.69, 9.17) is 54.7 Å². The second-order valence-electron chi connectivity index (χ2n) is 13.2. The third-order valence-corrected chi connectivity index (χ3v) is 10.1. The summed E-state index contributed by atoms with van der Waals surface area (Å²) in [4.78, 5) is 44.5. The molecule has 20 nitrogen and oxygen atoms in total. The van der Waals surface area contributed by atoms with Crippen LogP contribution in [-0.4, -0.2) is 77.3 Å². The van der Waals surface area contributed by atoms with E-state index in [0.717, 1.165) is 51.6 Å². The van der Waals surface area contributed by atoms with Gasteiger partial charge in [-0.1, -0.05) is 38.1 Å². The van der Waals surface area contributed by atoms with Gasteiger partial charge in [-0.15, -0.1) is 0 Å². The molecule has 0 radical (unpaired) electrons. The number of nitrogen functional groups attached to an aromatic ring is 1. The molecule has 0 amide bonds. The number of nitro groups is 2. The Balaban J connectivity index is 0.000000239. The Labute approximate surface area is 395 Å². The highest BCUT2D eigenvalue weighted by Crippen LogP contribution is 2.38. The molecule has 4 aromatic carbocycles. The molecule has 4 aromatic heterocycles. The van der Waals surface area contributed by atoms with Gasteiger partial charge in [0.2, 0.25) is 22.9 Å². The van der Waals surface area contributed by atoms with Gasteiger partial charge in [0.25, 0.3) is 0 Å². The summed E-state index contributed by atoms with van der Waals surface area (Å²) in [6, 6.07) is 11.0. The van der Waals surface area contributed by atoms with E-state index < -0.39 is 32.9 Å². The molecule has 67 heavy (non-hydrogen) atoms. The van der Waals surface area contributed by atoms with Gasteiger partial charge in [0, 0.05) is 72.7 Å². The minimum absolute atomic E-state index is 0. The number of aryl methyl sites for hydroxylation is 2. The summed E-state index contributed by atoms with van der Waals surface area (Å²) in [5.74, 6) is 0.213. The van der Waals surface area contributed by atoms with Crippen LogP contribution in [0.2, 0.25) is 15.3 Å². The predicted octanol–water partition coefficient (Wildman–Crippen LogP) is 10.4. The number of nitrogens with one attached hydrogen (secondary N) is 1. The Morgan fingerprint density at radius 3 is 1.54 bits per heavy atom. The lowest BCUT2D eigenvalue weighted by Gasteiger charge is -2.10. The Kier molecular flexibility index (Phi) is 17.1. The number of methoxy groups -OCH3 is 4. The van der Waals surface area contributed by atoms with Crippen LogP contribution in [0.3, 0.4) is 0 Å². The first-order valence-corrected chi connectivity index (χ1v) is 19.4. The number of ether oxygens (including phenoxy) is 4. The van der Waals surface area contributed by atoms with E-state index >= 15 is 0 Å². The minimum Gasteiger partial charge on any atom is -0.495 e. The Bertz CT molecular complexity index is 3120. The van der Waals surface area contributed by atoms with Crippen LogP contribution in [0.25, 0.3) is 44.6 Å². The maximum atomic E-state index is 13.9. The van der Waals surface area contributed by atoms with Crippen LogP contribution in [-0.2, 0) is 14.1 Å². The van der Waals surface area contributed by atoms with Crippen molar-refractivity contribution in [1.29, 1.82) is 0 Å². The topological polar surface area (TPSA) is 248 Å². The Morgan fingerprint density at radius 1 is 0.627 bits per heavy atom. The first kappa shape index (κ1) is 51.9. The average molecular weight is 986 g/mol. The molecule has 0 unspecified atom stereocenters. The van der Waals surface area contributed by atoms with E-state index in [9.17, 15) is 29.0 Å². The summed E-state index contributed by atoms with van der Waals surface area (Å²) in [6.45, 7) is 0. The van der Waals surface area contributed by atoms with Crippen LogP contribution < -0.4 is 30.0 Å². The number of nitrogens with two attached hydrogens (primary N) is 1. The number of hydrogen-bond acceptors (Lipinski definition) is 16. The fourth-order valence-electron chi connectivity index (χ4n) is 6.27. The van der Waals surface area contributed by atoms with Gasteiger partial charge in [0.1, 0.15) is 35.7 Å². The van der Waals surface area contributed by atoms with Gasteiger partial charge in [-0.25, -0.2) is 19.9 Å². The highest BCUT2D eigenvalue weighted by molar-refractivity contribution is 6.33. The summed E-state index contributed by atoms with van der Waals surface area (Å²) < 4.78 is 51.0. The third-order valence-electron chi connectivity index (χ3n) is 9.33. The molecular formula is C42H41Cl3F2N12O8. The van der Waals surface area contributed by atoms with Crippen molar-refractivity contribution in [1.82, 2.24) is 39.0 Å². The monoisotopic (exact) mass is 984 g/mol. The lowest BCUT2D eigenvalue weighted by Crippen LogP contribution is -2.03. The number of rotatable bonds is 10. The first-order chi connectivity index (χ1) is 31.0. The van der Waals surface area contributed by atoms with Crippen LogP contribution >= 0.6 is 34.8 Å². The number of nitro benzene ring substituents is 2. The summed E-state index contributed by atoms with van der Waals surface area (Å²) in [5, 5.41) is 27.1. The molecule has 0 fully saturated rings. The molecule has 0 saturated carbocycles. The van der Waals surface area contributed by atoms with Crippen molar-refractivity contribution >= 4 is 85.3 Å². The van der Waals surface area contributed by atoms with Crippen LogP contribution in [0.15, 0.2) is 73.6 Å². The highest BCUT2D eigenvalue weighted by Gasteiger charge is 2.22. The number of benzene rings is 4. The van der Waals surface area contributed by atoms with Gasteiger partial charge in [-0.2, -0.15) is 18.7 Å². The first-order valence-electron chi connectivity index (χ1n) is 18.2. The second kappa shape index (κ2) is 22.0. The van der Waals surface area contributed by atoms with Crippen molar-refractivity contribution in [3.8, 4) is 45.8 Å². The van der Waals surface area contributed by atoms with E-state index in [1.54, 1.807) is 19.2 Å². The largest absolute Gasteiger partial charge is 0.495 e. The van der Waals surface area contributed by atoms with Crippen LogP contribution in [0.4, 0.5) is 37.5 Å². The summed E-state index contributed by atoms with van der Waals surface area (Å²) in [6.07, 6.45) is 6.44. The van der Waals surface area contributed by atoms with E-state index in [2.05, 4.69) is 40.0 Å². The number of halogens is 5. The van der Waals surface area contributed by atoms with E-state index in [-0.39, 0.29) is 49.0 Å². The summed E-state index contributed by atoms with van der Waals surface area (Å²) in [7, 11) is 9.51. The fraction of sp³-hybridized carbons (Fsp3) is 0.190. The zero-order valence-corrected chi connectivity index (χ0v) is 36.9. The van der Waals surface area contributed by atoms with Crippen molar-refractivity contribution in [3.05, 3.63) is 121 Å². The van der Waals surface area contributed by atoms with Gasteiger partial charge in [-0.05, 0) is 35.9 Å². The van der Waals surface area contributed by atoms with E-state index in [1.165, 1.54) is 34.0 Å². The van der Waals surface area contributed by atoms with Crippen LogP contribution in [0.1, 0.15) is 14.9 Å². The van der Waals surface area contributed by atoms with Crippen molar-refractivity contribution in [3.63, 3.8) is 0 Å². The normalized spacial score (nSPS) is 10.4. The number of aromatic nitrogens is 8. The quantitative estimate of drug-likeness (QED) is 0.0734. The second-order valence-corrected chi connectivity index (χ2v) is 14.4. The maximum Gasteiger partial charge on any atom is 0.307 e. The molecule has 25 heteroatoms. The third kappa shape index (κ3) is 11.2. The molecule has 0 aliphatic heterocycles. The molecule has 352 valence electrons. The highest BCUT2D eigenvalue weighted by atomic mass is 35.5. The zero-order chi connectivity index (χ0) is 47.3. The number of anilines is 3. The molecule has 8 aromatic rings. The van der Waals surface area contributed by atoms with Gasteiger partial charge >= 0.3 is 11.4 Å². The fourth-order valence-corrected chi connectivity index (χ4v) is 6.87. The molecule has 0 saturated heterocycles. The van der Waals surface area contributed by atoms with Crippen molar-refractivity contribution in [2.24, 2.45) is 14.1 Å². The summed E-state index contributed by atoms with van der Waals surface area (Å²) >= 11 is 18.2. The van der Waals surface area contributed by atoms with Crippen LogP contribution in [0, 0.1) is 31.9 Å². The van der Waals surface area contributed by atoms with Gasteiger partial charge in [0.05, 0.1) is 70.7 Å². The minimum atomic E-state index is -1.02. The number of fused-ring (bicyclic) bond motifs is 2. The SMILES string of the molecule is C.C.COc1cc(F)c([N+](=O)[O-])cc1N.COc1cc2c(-c3ncnc(Cl)n3)cn(C)c2cc1Cl.COc1cc2c(-c3ncnc(Nc4cc([N+](=O)[O-])c(F)cc4OC)n3)cn(C)c2cc1Cl. The van der Waals surface area contributed by atoms with Crippen molar-refractivity contribution < 1.29 is 37.6 Å². The molecular weight excluding hydrogens is 945 g/mol. The van der Waals surface area contributed by atoms with Crippen molar-refractivity contribution in [2.75, 3.05) is 39.5 Å². The lowest BCUT2D eigenvalue weighted by atomic mass is 10.1. The van der Waals surface area contributed by atoms with Gasteiger partial charge in [-0.3, -0.25) is 20.2 Å². The lowest BCUT2D eigenvalue weighted by molar-refractivity contribution is -0.387. The maximum absolute atomic E-state index is 13.9. The van der Waals surface area contributed by atoms with E-state index in [0.29, 0.717) is 38.8 Å². The van der Waals surface area contributed by atoms with Crippen molar-refractivity contribution in [2.45, 2.75) is 14.9 Å². The summed E-state index contributed by atoms with van der Waals surface area (Å²) in [5.41, 5.74) is 7.49. The average Bonchev–Trinajstić information content (AvgIpc) is 3.78. The zero-order valence-electron chi connectivity index (χ0n) is 34.6. The molecule has 0 bridgehead atoms. The smallest absolute Gasteiger partial charge is 0.307 e. The Hall–Kier alpha value is -7.69. The molecule has 3 N–H and O–H groups in total. The molecule has 4 heterocycles. The van der Waals surface area contributed by atoms with Gasteiger partial charge in [0.15, 0.2) is 11.6 Å². The molecule has 0 atom stereocenters. The standard InChI is InChI=1S/C20H16ClFN6O4.C13H10Cl2N4O.C7H7FN2O3.2CH4/c1-27-8-11(10-4-17(31-2)12(21)5-15(10)27)19-23-9-24-20(26-19)25-14-7-16(28(29)30)13(22)6-18(14)32-3;1-19-5-8(12-16-6-17-13(15)18-12)7-3-11(20-2)9(14)4-10(7)19;1-13-7-2-4(8)6(10(11)12)3-5(7)9;;/h4-9H,1-3H3,(H,23,24,25,26);3-6H,1-2H3;2-3H,9H2,1H3;2*1H4.